The van der Waals surface area contributed by atoms with Gasteiger partial charge in [-0.05, 0) is 38.6 Å². The lowest BCUT2D eigenvalue weighted by atomic mass is 9.98. The van der Waals surface area contributed by atoms with Crippen molar-refractivity contribution in [3.63, 3.8) is 0 Å². The van der Waals surface area contributed by atoms with E-state index in [2.05, 4.69) is 30.1 Å². The third-order valence-electron chi connectivity index (χ3n) is 4.33. The fraction of sp³-hybridized carbons (Fsp3) is 0.471. The number of fused-ring (bicyclic) bond motifs is 1. The van der Waals surface area contributed by atoms with Gasteiger partial charge in [0.05, 0.1) is 18.3 Å². The monoisotopic (exact) mass is 270 g/mol. The Hall–Kier alpha value is -1.61. The lowest BCUT2D eigenvalue weighted by Crippen LogP contribution is -2.37. The zero-order valence-corrected chi connectivity index (χ0v) is 12.3. The number of methoxy groups -OCH3 is 1. The molecule has 1 aliphatic rings. The van der Waals surface area contributed by atoms with E-state index >= 15 is 0 Å². The number of hydrogen-bond donors (Lipinski definition) is 0. The first-order valence-electron chi connectivity index (χ1n) is 7.41. The van der Waals surface area contributed by atoms with Crippen LogP contribution in [0.4, 0.5) is 0 Å². The zero-order valence-electron chi connectivity index (χ0n) is 12.3. The van der Waals surface area contributed by atoms with Gasteiger partial charge in [0, 0.05) is 17.8 Å². The normalized spacial score (nSPS) is 20.2. The Balaban J connectivity index is 1.92. The number of rotatable bonds is 3. The molecule has 2 heterocycles. The second-order valence-corrected chi connectivity index (χ2v) is 5.66. The first-order chi connectivity index (χ1) is 9.78. The summed E-state index contributed by atoms with van der Waals surface area (Å²) in [6, 6.07) is 10.9. The van der Waals surface area contributed by atoms with E-state index in [0.717, 1.165) is 28.8 Å². The summed E-state index contributed by atoms with van der Waals surface area (Å²) in [6.07, 6.45) is 4.87. The Morgan fingerprint density at radius 3 is 2.95 bits per heavy atom. The molecule has 3 heteroatoms. The van der Waals surface area contributed by atoms with E-state index in [1.165, 1.54) is 25.8 Å². The fourth-order valence-corrected chi connectivity index (χ4v) is 3.08. The molecule has 0 bridgehead atoms. The van der Waals surface area contributed by atoms with Gasteiger partial charge in [-0.25, -0.2) is 4.98 Å². The van der Waals surface area contributed by atoms with Crippen molar-refractivity contribution in [1.82, 2.24) is 9.88 Å². The first kappa shape index (κ1) is 13.4. The smallest absolute Gasteiger partial charge is 0.141 e. The number of para-hydroxylation sites is 1. The molecule has 1 fully saturated rings. The summed E-state index contributed by atoms with van der Waals surface area (Å²) in [6.45, 7) is 1.20. The molecule has 0 amide bonds. The molecule has 0 N–H and O–H groups in total. The SMILES string of the molecule is COc1cc2ccccc2nc1CC1CCCCN1C. The molecule has 3 rings (SSSR count). The Morgan fingerprint density at radius 1 is 1.30 bits per heavy atom. The minimum absolute atomic E-state index is 0.589. The fourth-order valence-electron chi connectivity index (χ4n) is 3.08. The minimum Gasteiger partial charge on any atom is -0.495 e. The number of likely N-dealkylation sites (tertiary alicyclic amines) is 1. The van der Waals surface area contributed by atoms with E-state index in [1.807, 2.05) is 12.1 Å². The van der Waals surface area contributed by atoms with E-state index in [4.69, 9.17) is 9.72 Å². The second-order valence-electron chi connectivity index (χ2n) is 5.66. The molecule has 20 heavy (non-hydrogen) atoms. The maximum Gasteiger partial charge on any atom is 0.141 e. The van der Waals surface area contributed by atoms with Crippen LogP contribution < -0.4 is 4.74 Å². The number of likely N-dealkylation sites (N-methyl/N-ethyl adjacent to an activating group) is 1. The highest BCUT2D eigenvalue weighted by atomic mass is 16.5. The van der Waals surface area contributed by atoms with Crippen LogP contribution in [0.25, 0.3) is 10.9 Å². The number of ether oxygens (including phenoxy) is 1. The molecule has 0 spiro atoms. The number of pyridine rings is 1. The Kier molecular flexibility index (Phi) is 3.88. The van der Waals surface area contributed by atoms with Crippen LogP contribution in [-0.4, -0.2) is 36.6 Å². The molecule has 0 aliphatic carbocycles. The van der Waals surface area contributed by atoms with Crippen LogP contribution in [0.15, 0.2) is 30.3 Å². The lowest BCUT2D eigenvalue weighted by Gasteiger charge is -2.32. The van der Waals surface area contributed by atoms with Gasteiger partial charge in [-0.1, -0.05) is 24.6 Å². The maximum absolute atomic E-state index is 5.55. The van der Waals surface area contributed by atoms with Crippen molar-refractivity contribution in [3.05, 3.63) is 36.0 Å². The van der Waals surface area contributed by atoms with Crippen molar-refractivity contribution in [3.8, 4) is 5.75 Å². The van der Waals surface area contributed by atoms with Crippen LogP contribution in [0.2, 0.25) is 0 Å². The molecule has 1 atom stereocenters. The van der Waals surface area contributed by atoms with Crippen molar-refractivity contribution in [2.45, 2.75) is 31.7 Å². The van der Waals surface area contributed by atoms with Crippen LogP contribution in [0.5, 0.6) is 5.75 Å². The van der Waals surface area contributed by atoms with Crippen LogP contribution >= 0.6 is 0 Å². The average Bonchev–Trinajstić information content (AvgIpc) is 2.49. The molecule has 0 radical (unpaired) electrons. The summed E-state index contributed by atoms with van der Waals surface area (Å²) in [4.78, 5) is 7.28. The Labute approximate surface area is 120 Å². The molecule has 2 aromatic rings. The van der Waals surface area contributed by atoms with Gasteiger partial charge in [0.2, 0.25) is 0 Å². The lowest BCUT2D eigenvalue weighted by molar-refractivity contribution is 0.182. The van der Waals surface area contributed by atoms with Crippen molar-refractivity contribution in [2.75, 3.05) is 20.7 Å². The summed E-state index contributed by atoms with van der Waals surface area (Å²) < 4.78 is 5.55. The summed E-state index contributed by atoms with van der Waals surface area (Å²) >= 11 is 0. The van der Waals surface area contributed by atoms with Crippen molar-refractivity contribution >= 4 is 10.9 Å². The van der Waals surface area contributed by atoms with Gasteiger partial charge in [0.15, 0.2) is 0 Å². The standard InChI is InChI=1S/C17H22N2O/c1-19-10-6-5-8-14(19)12-16-17(20-2)11-13-7-3-4-9-15(13)18-16/h3-4,7,9,11,14H,5-6,8,10,12H2,1-2H3. The van der Waals surface area contributed by atoms with E-state index in [-0.39, 0.29) is 0 Å². The van der Waals surface area contributed by atoms with Gasteiger partial charge in [-0.3, -0.25) is 0 Å². The molecular weight excluding hydrogens is 248 g/mol. The van der Waals surface area contributed by atoms with Crippen molar-refractivity contribution < 1.29 is 4.74 Å². The largest absolute Gasteiger partial charge is 0.495 e. The molecule has 1 saturated heterocycles. The van der Waals surface area contributed by atoms with Gasteiger partial charge in [-0.2, -0.15) is 0 Å². The van der Waals surface area contributed by atoms with E-state index in [9.17, 15) is 0 Å². The third kappa shape index (κ3) is 2.63. The summed E-state index contributed by atoms with van der Waals surface area (Å²) in [5.74, 6) is 0.919. The maximum atomic E-state index is 5.55. The Morgan fingerprint density at radius 2 is 2.15 bits per heavy atom. The summed E-state index contributed by atoms with van der Waals surface area (Å²) in [7, 11) is 3.96. The second kappa shape index (κ2) is 5.80. The molecule has 1 unspecified atom stereocenters. The van der Waals surface area contributed by atoms with Crippen LogP contribution in [0, 0.1) is 0 Å². The quantitative estimate of drug-likeness (QED) is 0.856. The van der Waals surface area contributed by atoms with E-state index in [1.54, 1.807) is 7.11 Å². The summed E-state index contributed by atoms with van der Waals surface area (Å²) in [5.41, 5.74) is 2.15. The number of piperidine rings is 1. The average molecular weight is 270 g/mol. The molecule has 1 aromatic carbocycles. The van der Waals surface area contributed by atoms with Crippen LogP contribution in [0.3, 0.4) is 0 Å². The number of benzene rings is 1. The molecular formula is C17H22N2O. The van der Waals surface area contributed by atoms with Crippen molar-refractivity contribution in [2.24, 2.45) is 0 Å². The van der Waals surface area contributed by atoms with E-state index < -0.39 is 0 Å². The van der Waals surface area contributed by atoms with E-state index in [0.29, 0.717) is 6.04 Å². The van der Waals surface area contributed by atoms with Gasteiger partial charge in [-0.15, -0.1) is 0 Å². The summed E-state index contributed by atoms with van der Waals surface area (Å²) in [5, 5.41) is 1.14. The number of aromatic nitrogens is 1. The van der Waals surface area contributed by atoms with Crippen LogP contribution in [-0.2, 0) is 6.42 Å². The molecule has 106 valence electrons. The predicted octanol–water partition coefficient (Wildman–Crippen LogP) is 3.27. The van der Waals surface area contributed by atoms with Gasteiger partial charge in [0.25, 0.3) is 0 Å². The van der Waals surface area contributed by atoms with Crippen molar-refractivity contribution in [1.29, 1.82) is 0 Å². The van der Waals surface area contributed by atoms with Crippen LogP contribution in [0.1, 0.15) is 25.0 Å². The van der Waals surface area contributed by atoms with Gasteiger partial charge >= 0.3 is 0 Å². The highest BCUT2D eigenvalue weighted by Gasteiger charge is 2.21. The number of nitrogens with zero attached hydrogens (tertiary/aromatic N) is 2. The first-order valence-corrected chi connectivity index (χ1v) is 7.41. The highest BCUT2D eigenvalue weighted by molar-refractivity contribution is 5.80. The Bertz CT molecular complexity index is 597. The third-order valence-corrected chi connectivity index (χ3v) is 4.33. The molecule has 3 nitrogen and oxygen atoms in total. The minimum atomic E-state index is 0.589. The predicted molar refractivity (Wildman–Crippen MR) is 82.3 cm³/mol. The molecule has 1 aliphatic heterocycles. The van der Waals surface area contributed by atoms with Gasteiger partial charge in [0.1, 0.15) is 5.75 Å². The molecule has 0 saturated carbocycles. The topological polar surface area (TPSA) is 25.4 Å². The zero-order chi connectivity index (χ0) is 13.9. The number of hydrogen-bond acceptors (Lipinski definition) is 3. The highest BCUT2D eigenvalue weighted by Crippen LogP contribution is 2.26. The van der Waals surface area contributed by atoms with Gasteiger partial charge < -0.3 is 9.64 Å². The molecule has 1 aromatic heterocycles.